The van der Waals surface area contributed by atoms with Gasteiger partial charge in [0.15, 0.2) is 11.5 Å². The Morgan fingerprint density at radius 1 is 0.477 bits per heavy atom. The summed E-state index contributed by atoms with van der Waals surface area (Å²) in [5, 5.41) is 22.8. The fraction of sp³-hybridized carbons (Fsp3) is 0.538. The number of aryl methyl sites for hydroxylation is 2. The summed E-state index contributed by atoms with van der Waals surface area (Å²) in [5.41, 5.74) is 0.704. The number of phenolic OH excluding ortho intramolecular Hbond substituents is 1. The summed E-state index contributed by atoms with van der Waals surface area (Å²) in [6.45, 7) is 4.47. The van der Waals surface area contributed by atoms with E-state index >= 15 is 0 Å². The molecule has 0 saturated carbocycles. The summed E-state index contributed by atoms with van der Waals surface area (Å²) >= 11 is 0. The van der Waals surface area contributed by atoms with Gasteiger partial charge in [0.2, 0.25) is 0 Å². The number of ether oxygens (including phenoxy) is 2. The second-order valence-electron chi connectivity index (χ2n) is 16.9. The minimum Gasteiger partial charge on any atom is -0.870 e. The van der Waals surface area contributed by atoms with Gasteiger partial charge in [0.25, 0.3) is 10.1 Å². The van der Waals surface area contributed by atoms with E-state index in [-0.39, 0.29) is 70.3 Å². The first kappa shape index (κ1) is 58.3. The van der Waals surface area contributed by atoms with Crippen molar-refractivity contribution in [3.63, 3.8) is 0 Å². The van der Waals surface area contributed by atoms with Crippen molar-refractivity contribution in [2.45, 2.75) is 191 Å². The van der Waals surface area contributed by atoms with Gasteiger partial charge in [-0.25, -0.2) is 8.42 Å². The van der Waals surface area contributed by atoms with Crippen molar-refractivity contribution in [2.24, 2.45) is 0 Å². The van der Waals surface area contributed by atoms with E-state index in [1.54, 1.807) is 54.6 Å². The van der Waals surface area contributed by atoms with E-state index in [2.05, 4.69) is 13.8 Å². The zero-order chi connectivity index (χ0) is 46.5. The average Bonchev–Trinajstić information content (AvgIpc) is 3.26. The molecule has 356 valence electrons. The molecule has 4 aromatic rings. The van der Waals surface area contributed by atoms with Crippen LogP contribution >= 0.6 is 0 Å². The molecule has 0 fully saturated rings. The minimum atomic E-state index is -4.70. The summed E-state index contributed by atoms with van der Waals surface area (Å²) in [6.07, 6.45) is 29.9. The number of benzene rings is 4. The third-order valence-electron chi connectivity index (χ3n) is 11.4. The fourth-order valence-electron chi connectivity index (χ4n) is 7.75. The molecule has 0 spiro atoms. The van der Waals surface area contributed by atoms with E-state index in [4.69, 9.17) is 9.47 Å². The normalized spacial score (nSPS) is 11.4. The molecule has 0 aliphatic rings. The molecule has 0 unspecified atom stereocenters. The third kappa shape index (κ3) is 24.7. The number of hydrogen-bond acceptors (Lipinski definition) is 9. The molecular weight excluding hydrogens is 889 g/mol. The van der Waals surface area contributed by atoms with Crippen molar-refractivity contribution < 1.29 is 45.6 Å². The first-order valence-electron chi connectivity index (χ1n) is 23.9. The second kappa shape index (κ2) is 33.6. The predicted octanol–water partition coefficient (Wildman–Crippen LogP) is 14.0. The third-order valence-corrected chi connectivity index (χ3v) is 13.2. The Balaban J connectivity index is 0.000000440. The molecule has 0 radical (unpaired) electrons. The number of unbranched alkanes of at least 4 members (excludes halogenated alkanes) is 22. The van der Waals surface area contributed by atoms with Crippen LogP contribution in [0.3, 0.4) is 0 Å². The van der Waals surface area contributed by atoms with E-state index in [9.17, 15) is 36.2 Å². The van der Waals surface area contributed by atoms with E-state index in [1.807, 2.05) is 6.07 Å². The standard InChI is InChI=1S/2C26H38O5S.Ca/c2*1-2-3-4-5-6-7-8-9-10-11-12-14-17-22-20-24(27)25(21-26(22)32(28,29)30)31-23-18-15-13-16-19-23;/h2*13,15-16,18-21,27H,2-12,14,17H2,1H3,(H,28,29,30);/q;;+2/p-2. The molecular formula is C52H74CaO10S2. The summed E-state index contributed by atoms with van der Waals surface area (Å²) in [4.78, 5) is -0.560. The van der Waals surface area contributed by atoms with Crippen molar-refractivity contribution >= 4 is 58.0 Å². The van der Waals surface area contributed by atoms with Gasteiger partial charge in [-0.15, -0.1) is 0 Å². The molecule has 0 heterocycles. The molecule has 0 aliphatic heterocycles. The molecule has 0 atom stereocenters. The van der Waals surface area contributed by atoms with Crippen LogP contribution in [0.25, 0.3) is 0 Å². The maximum absolute atomic E-state index is 12.4. The topological polar surface area (TPSA) is 173 Å². The molecule has 0 aliphatic carbocycles. The largest absolute Gasteiger partial charge is 2.00 e. The second-order valence-corrected chi connectivity index (χ2v) is 19.6. The first-order valence-corrected chi connectivity index (χ1v) is 26.8. The van der Waals surface area contributed by atoms with E-state index in [0.29, 0.717) is 29.9 Å². The van der Waals surface area contributed by atoms with Crippen molar-refractivity contribution in [2.75, 3.05) is 0 Å². The van der Waals surface area contributed by atoms with Gasteiger partial charge in [0.1, 0.15) is 32.3 Å². The molecule has 13 heteroatoms. The van der Waals surface area contributed by atoms with Crippen molar-refractivity contribution in [1.29, 1.82) is 0 Å². The van der Waals surface area contributed by atoms with Crippen molar-refractivity contribution in [3.05, 3.63) is 96.1 Å². The summed E-state index contributed by atoms with van der Waals surface area (Å²) in [7, 11) is -9.12. The average molecular weight is 963 g/mol. The molecule has 4 rings (SSSR count). The van der Waals surface area contributed by atoms with Crippen LogP contribution in [0.2, 0.25) is 0 Å². The number of rotatable bonds is 32. The Hall–Kier alpha value is -2.84. The zero-order valence-electron chi connectivity index (χ0n) is 39.2. The van der Waals surface area contributed by atoms with Crippen LogP contribution < -0.4 is 14.6 Å². The first-order chi connectivity index (χ1) is 30.8. The van der Waals surface area contributed by atoms with Gasteiger partial charge in [-0.05, 0) is 73.2 Å². The fourth-order valence-corrected chi connectivity index (χ4v) is 9.23. The molecule has 0 aromatic heterocycles. The molecule has 10 nitrogen and oxygen atoms in total. The van der Waals surface area contributed by atoms with E-state index in [1.165, 1.54) is 134 Å². The van der Waals surface area contributed by atoms with E-state index < -0.39 is 26.0 Å². The van der Waals surface area contributed by atoms with Crippen LogP contribution in [-0.2, 0) is 33.1 Å². The molecule has 4 aromatic carbocycles. The monoisotopic (exact) mass is 962 g/mol. The predicted molar refractivity (Wildman–Crippen MR) is 260 cm³/mol. The molecule has 0 saturated heterocycles. The summed E-state index contributed by atoms with van der Waals surface area (Å²) in [6, 6.07) is 22.3. The molecule has 0 bridgehead atoms. The number of phenols is 1. The van der Waals surface area contributed by atoms with Gasteiger partial charge in [0.05, 0.1) is 4.90 Å². The van der Waals surface area contributed by atoms with Gasteiger partial charge >= 0.3 is 37.7 Å². The van der Waals surface area contributed by atoms with Gasteiger partial charge < -0.3 is 24.2 Å². The maximum Gasteiger partial charge on any atom is 2.00 e. The minimum absolute atomic E-state index is 0. The Bertz CT molecular complexity index is 1950. The van der Waals surface area contributed by atoms with Crippen molar-refractivity contribution in [1.82, 2.24) is 0 Å². The van der Waals surface area contributed by atoms with Gasteiger partial charge in [0, 0.05) is 6.07 Å². The van der Waals surface area contributed by atoms with Crippen LogP contribution in [-0.4, -0.2) is 68.8 Å². The Labute approximate surface area is 421 Å². The Morgan fingerprint density at radius 2 is 0.815 bits per heavy atom. The quantitative estimate of drug-likeness (QED) is 0.0272. The SMILES string of the molecule is CCCCCCCCCCCCCCc1cc(O)c(Oc2ccccc2)cc1S(=O)(=O)O.CCCCCCCCCCCCCCc1cc([O-])c(Oc2ccccc2)cc1S(=O)(=O)[O-].[Ca+2]. The van der Waals surface area contributed by atoms with Crippen molar-refractivity contribution in [3.8, 4) is 34.5 Å². The number of para-hydroxylation sites is 2. The molecule has 0 amide bonds. The van der Waals surface area contributed by atoms with Gasteiger partial charge in [-0.1, -0.05) is 203 Å². The Kier molecular flexibility index (Phi) is 30.1. The van der Waals surface area contributed by atoms with Gasteiger partial charge in [-0.2, -0.15) is 8.42 Å². The van der Waals surface area contributed by atoms with Crippen LogP contribution in [0, 0.1) is 0 Å². The molecule has 65 heavy (non-hydrogen) atoms. The smallest absolute Gasteiger partial charge is 0.870 e. The number of aromatic hydroxyl groups is 1. The summed E-state index contributed by atoms with van der Waals surface area (Å²) in [5.74, 6) is 0.169. The van der Waals surface area contributed by atoms with Crippen LogP contribution in [0.1, 0.15) is 179 Å². The Morgan fingerprint density at radius 3 is 1.18 bits per heavy atom. The van der Waals surface area contributed by atoms with E-state index in [0.717, 1.165) is 44.6 Å². The number of hydrogen-bond donors (Lipinski definition) is 2. The maximum atomic E-state index is 12.4. The van der Waals surface area contributed by atoms with Gasteiger partial charge in [-0.3, -0.25) is 4.55 Å². The van der Waals surface area contributed by atoms with Crippen LogP contribution in [0.15, 0.2) is 94.7 Å². The summed E-state index contributed by atoms with van der Waals surface area (Å²) < 4.78 is 79.9. The zero-order valence-corrected chi connectivity index (χ0v) is 43.0. The van der Waals surface area contributed by atoms with Crippen LogP contribution in [0.5, 0.6) is 34.5 Å². The molecule has 2 N–H and O–H groups in total. The van der Waals surface area contributed by atoms with Crippen LogP contribution in [0.4, 0.5) is 0 Å².